The van der Waals surface area contributed by atoms with Crippen LogP contribution in [0.5, 0.6) is 0 Å². The maximum atomic E-state index is 13.5. The van der Waals surface area contributed by atoms with Crippen LogP contribution in [0.4, 0.5) is 4.39 Å². The zero-order chi connectivity index (χ0) is 14.5. The van der Waals surface area contributed by atoms with Gasteiger partial charge in [-0.2, -0.15) is 0 Å². The molecular formula is C13H20FNO3S. The van der Waals surface area contributed by atoms with Crippen molar-refractivity contribution in [2.45, 2.75) is 31.7 Å². The van der Waals surface area contributed by atoms with Crippen molar-refractivity contribution >= 4 is 10.0 Å². The van der Waals surface area contributed by atoms with E-state index in [0.29, 0.717) is 6.61 Å². The van der Waals surface area contributed by atoms with Gasteiger partial charge in [-0.05, 0) is 25.0 Å². The van der Waals surface area contributed by atoms with Crippen LogP contribution in [-0.4, -0.2) is 27.7 Å². The lowest BCUT2D eigenvalue weighted by atomic mass is 10.1. The van der Waals surface area contributed by atoms with Crippen molar-refractivity contribution in [1.82, 2.24) is 4.72 Å². The Morgan fingerprint density at radius 1 is 1.32 bits per heavy atom. The first-order valence-corrected chi connectivity index (χ1v) is 7.71. The fourth-order valence-corrected chi connectivity index (χ4v) is 2.98. The number of hydrogen-bond acceptors (Lipinski definition) is 3. The number of rotatable bonds is 7. The minimum absolute atomic E-state index is 0.0492. The van der Waals surface area contributed by atoms with Crippen molar-refractivity contribution < 1.29 is 17.5 Å². The molecule has 0 radical (unpaired) electrons. The number of halogens is 1. The minimum Gasteiger partial charge on any atom is -0.380 e. The molecule has 1 N–H and O–H groups in total. The summed E-state index contributed by atoms with van der Waals surface area (Å²) in [4.78, 5) is -0.336. The Labute approximate surface area is 114 Å². The summed E-state index contributed by atoms with van der Waals surface area (Å²) < 4.78 is 45.5. The molecule has 108 valence electrons. The smallest absolute Gasteiger partial charge is 0.243 e. The van der Waals surface area contributed by atoms with E-state index in [-0.39, 0.29) is 23.5 Å². The molecule has 6 heteroatoms. The standard InChI is InChI=1S/C13H20FNO3S/c1-4-18-9-12(10(2)3)15-19(16,17)13-8-6-5-7-11(13)14/h5-8,10,12,15H,4,9H2,1-3H3. The van der Waals surface area contributed by atoms with Gasteiger partial charge in [-0.1, -0.05) is 26.0 Å². The van der Waals surface area contributed by atoms with Crippen molar-refractivity contribution in [3.63, 3.8) is 0 Å². The van der Waals surface area contributed by atoms with Gasteiger partial charge < -0.3 is 4.74 Å². The Balaban J connectivity index is 2.91. The molecule has 1 unspecified atom stereocenters. The maximum absolute atomic E-state index is 13.5. The van der Waals surface area contributed by atoms with Crippen molar-refractivity contribution in [3.8, 4) is 0 Å². The third-order valence-corrected chi connectivity index (χ3v) is 4.26. The second-order valence-electron chi connectivity index (χ2n) is 4.56. The molecule has 0 saturated heterocycles. The fraction of sp³-hybridized carbons (Fsp3) is 0.538. The summed E-state index contributed by atoms with van der Waals surface area (Å²) in [5, 5.41) is 0. The van der Waals surface area contributed by atoms with E-state index in [9.17, 15) is 12.8 Å². The molecule has 1 atom stereocenters. The molecule has 0 fully saturated rings. The second kappa shape index (κ2) is 6.98. The highest BCUT2D eigenvalue weighted by Crippen LogP contribution is 2.15. The Bertz CT molecular complexity index is 502. The molecule has 0 heterocycles. The fourth-order valence-electron chi connectivity index (χ4n) is 1.53. The normalized spacial score (nSPS) is 13.7. The summed E-state index contributed by atoms with van der Waals surface area (Å²) in [6.07, 6.45) is 0. The van der Waals surface area contributed by atoms with Gasteiger partial charge >= 0.3 is 0 Å². The van der Waals surface area contributed by atoms with Gasteiger partial charge in [0.25, 0.3) is 0 Å². The monoisotopic (exact) mass is 289 g/mol. The van der Waals surface area contributed by atoms with Gasteiger partial charge in [-0.15, -0.1) is 0 Å². The van der Waals surface area contributed by atoms with Crippen LogP contribution in [0.1, 0.15) is 20.8 Å². The SMILES string of the molecule is CCOCC(NS(=O)(=O)c1ccccc1F)C(C)C. The van der Waals surface area contributed by atoms with Crippen LogP contribution >= 0.6 is 0 Å². The molecule has 0 spiro atoms. The van der Waals surface area contributed by atoms with Gasteiger partial charge in [0.05, 0.1) is 6.61 Å². The molecule has 0 aliphatic rings. The highest BCUT2D eigenvalue weighted by Gasteiger charge is 2.24. The van der Waals surface area contributed by atoms with Gasteiger partial charge in [0.2, 0.25) is 10.0 Å². The molecule has 0 aliphatic carbocycles. The predicted octanol–water partition coefficient (Wildman–Crippen LogP) is 2.17. The first-order valence-electron chi connectivity index (χ1n) is 6.23. The molecule has 0 aliphatic heterocycles. The van der Waals surface area contributed by atoms with E-state index < -0.39 is 15.8 Å². The minimum atomic E-state index is -3.87. The van der Waals surface area contributed by atoms with Gasteiger partial charge in [-0.25, -0.2) is 17.5 Å². The number of nitrogens with one attached hydrogen (secondary N) is 1. The zero-order valence-corrected chi connectivity index (χ0v) is 12.2. The van der Waals surface area contributed by atoms with E-state index in [0.717, 1.165) is 6.07 Å². The maximum Gasteiger partial charge on any atom is 0.243 e. The first kappa shape index (κ1) is 16.1. The molecule has 19 heavy (non-hydrogen) atoms. The molecule has 0 aromatic heterocycles. The Morgan fingerprint density at radius 3 is 2.47 bits per heavy atom. The van der Waals surface area contributed by atoms with Crippen molar-refractivity contribution in [1.29, 1.82) is 0 Å². The molecule has 0 bridgehead atoms. The average molecular weight is 289 g/mol. The molecular weight excluding hydrogens is 269 g/mol. The van der Waals surface area contributed by atoms with Crippen molar-refractivity contribution in [3.05, 3.63) is 30.1 Å². The van der Waals surface area contributed by atoms with Crippen LogP contribution in [0.3, 0.4) is 0 Å². The topological polar surface area (TPSA) is 55.4 Å². The van der Waals surface area contributed by atoms with Gasteiger partial charge in [0, 0.05) is 12.6 Å². The van der Waals surface area contributed by atoms with E-state index in [4.69, 9.17) is 4.74 Å². The van der Waals surface area contributed by atoms with E-state index in [1.54, 1.807) is 0 Å². The molecule has 0 saturated carbocycles. The average Bonchev–Trinajstić information content (AvgIpc) is 2.34. The third kappa shape index (κ3) is 4.56. The summed E-state index contributed by atoms with van der Waals surface area (Å²) >= 11 is 0. The quantitative estimate of drug-likeness (QED) is 0.837. The Morgan fingerprint density at radius 2 is 1.95 bits per heavy atom. The summed E-state index contributed by atoms with van der Waals surface area (Å²) in [5.41, 5.74) is 0. The molecule has 1 rings (SSSR count). The largest absolute Gasteiger partial charge is 0.380 e. The summed E-state index contributed by atoms with van der Waals surface area (Å²) in [6, 6.07) is 4.93. The van der Waals surface area contributed by atoms with Crippen molar-refractivity contribution in [2.24, 2.45) is 5.92 Å². The van der Waals surface area contributed by atoms with Crippen LogP contribution in [0, 0.1) is 11.7 Å². The van der Waals surface area contributed by atoms with Crippen LogP contribution in [0.25, 0.3) is 0 Å². The Kier molecular flexibility index (Phi) is 5.90. The lowest BCUT2D eigenvalue weighted by Gasteiger charge is -2.22. The lowest BCUT2D eigenvalue weighted by molar-refractivity contribution is 0.116. The molecule has 1 aromatic carbocycles. The molecule has 0 amide bonds. The highest BCUT2D eigenvalue weighted by atomic mass is 32.2. The van der Waals surface area contributed by atoms with E-state index >= 15 is 0 Å². The van der Waals surface area contributed by atoms with E-state index in [2.05, 4.69) is 4.72 Å². The van der Waals surface area contributed by atoms with Crippen LogP contribution in [0.2, 0.25) is 0 Å². The second-order valence-corrected chi connectivity index (χ2v) is 6.24. The summed E-state index contributed by atoms with van der Waals surface area (Å²) in [5.74, 6) is -0.706. The third-order valence-electron chi connectivity index (χ3n) is 2.74. The van der Waals surface area contributed by atoms with Gasteiger partial charge in [0.1, 0.15) is 10.7 Å². The molecule has 4 nitrogen and oxygen atoms in total. The van der Waals surface area contributed by atoms with E-state index in [1.807, 2.05) is 20.8 Å². The van der Waals surface area contributed by atoms with Crippen molar-refractivity contribution in [2.75, 3.05) is 13.2 Å². The number of ether oxygens (including phenoxy) is 1. The Hall–Kier alpha value is -0.980. The first-order chi connectivity index (χ1) is 8.88. The van der Waals surface area contributed by atoms with Crippen LogP contribution in [0.15, 0.2) is 29.2 Å². The van der Waals surface area contributed by atoms with E-state index in [1.165, 1.54) is 18.2 Å². The highest BCUT2D eigenvalue weighted by molar-refractivity contribution is 7.89. The number of benzene rings is 1. The number of sulfonamides is 1. The number of hydrogen-bond donors (Lipinski definition) is 1. The zero-order valence-electron chi connectivity index (χ0n) is 11.4. The van der Waals surface area contributed by atoms with Gasteiger partial charge in [-0.3, -0.25) is 0 Å². The van der Waals surface area contributed by atoms with Gasteiger partial charge in [0.15, 0.2) is 0 Å². The van der Waals surface area contributed by atoms with Crippen LogP contribution in [-0.2, 0) is 14.8 Å². The molecule has 1 aromatic rings. The van der Waals surface area contributed by atoms with Crippen LogP contribution < -0.4 is 4.72 Å². The lowest BCUT2D eigenvalue weighted by Crippen LogP contribution is -2.42. The summed E-state index contributed by atoms with van der Waals surface area (Å²) in [6.45, 7) is 6.37. The summed E-state index contributed by atoms with van der Waals surface area (Å²) in [7, 11) is -3.87. The predicted molar refractivity (Wildman–Crippen MR) is 71.8 cm³/mol.